The molecule has 3 aromatic heterocycles. The summed E-state index contributed by atoms with van der Waals surface area (Å²) < 4.78 is 7.21. The summed E-state index contributed by atoms with van der Waals surface area (Å²) in [5, 5.41) is 10.5. The van der Waals surface area contributed by atoms with Crippen LogP contribution in [0.4, 0.5) is 0 Å². The fourth-order valence-electron chi connectivity index (χ4n) is 3.24. The molecule has 8 nitrogen and oxygen atoms in total. The van der Waals surface area contributed by atoms with E-state index in [1.165, 1.54) is 0 Å². The van der Waals surface area contributed by atoms with Gasteiger partial charge in [-0.05, 0) is 30.7 Å². The van der Waals surface area contributed by atoms with Gasteiger partial charge in [-0.3, -0.25) is 25.0 Å². The van der Waals surface area contributed by atoms with Gasteiger partial charge in [0.2, 0.25) is 11.8 Å². The summed E-state index contributed by atoms with van der Waals surface area (Å²) in [7, 11) is 0. The maximum absolute atomic E-state index is 12.6. The molecule has 4 aromatic rings. The largest absolute Gasteiger partial charge is 0.443 e. The van der Waals surface area contributed by atoms with Crippen molar-refractivity contribution in [3.63, 3.8) is 0 Å². The van der Waals surface area contributed by atoms with E-state index < -0.39 is 5.91 Å². The summed E-state index contributed by atoms with van der Waals surface area (Å²) in [6.07, 6.45) is 5.28. The molecule has 1 aromatic carbocycles. The lowest BCUT2D eigenvalue weighted by Crippen LogP contribution is -2.42. The molecule has 0 aliphatic rings. The summed E-state index contributed by atoms with van der Waals surface area (Å²) in [5.74, 6) is -0.458. The lowest BCUT2D eigenvalue weighted by Gasteiger charge is -2.07. The summed E-state index contributed by atoms with van der Waals surface area (Å²) >= 11 is 0. The van der Waals surface area contributed by atoms with Gasteiger partial charge in [0, 0.05) is 29.5 Å². The standard InChI is InChI=1S/C21H17N5O3/c1-13-19(16(11-22)21(29-13)26-8-4-5-9-26)20(28)25-24-18(27)10-14-12-23-17-7-3-2-6-15(14)17/h2-9,12,23H,10H2,1H3,(H,24,27)(H,25,28). The number of hydrogen-bond acceptors (Lipinski definition) is 4. The zero-order valence-corrected chi connectivity index (χ0v) is 15.5. The minimum atomic E-state index is -0.617. The lowest BCUT2D eigenvalue weighted by atomic mass is 10.1. The zero-order chi connectivity index (χ0) is 20.4. The number of furan rings is 1. The van der Waals surface area contributed by atoms with Crippen molar-refractivity contribution in [3.8, 4) is 12.0 Å². The monoisotopic (exact) mass is 387 g/mol. The van der Waals surface area contributed by atoms with Gasteiger partial charge in [0.05, 0.1) is 6.42 Å². The van der Waals surface area contributed by atoms with Gasteiger partial charge >= 0.3 is 0 Å². The van der Waals surface area contributed by atoms with Crippen LogP contribution < -0.4 is 10.9 Å². The normalized spacial score (nSPS) is 10.6. The Balaban J connectivity index is 1.47. The Hall–Kier alpha value is -4.25. The molecule has 3 heterocycles. The molecule has 0 spiro atoms. The van der Waals surface area contributed by atoms with Crippen molar-refractivity contribution in [2.75, 3.05) is 0 Å². The van der Waals surface area contributed by atoms with Crippen LogP contribution in [0.3, 0.4) is 0 Å². The van der Waals surface area contributed by atoms with Crippen LogP contribution in [0.2, 0.25) is 0 Å². The molecule has 0 atom stereocenters. The van der Waals surface area contributed by atoms with Gasteiger partial charge in [0.1, 0.15) is 23.0 Å². The van der Waals surface area contributed by atoms with Crippen molar-refractivity contribution in [2.24, 2.45) is 0 Å². The Morgan fingerprint density at radius 2 is 1.93 bits per heavy atom. The maximum atomic E-state index is 12.6. The van der Waals surface area contributed by atoms with Gasteiger partial charge in [0.15, 0.2) is 0 Å². The molecule has 0 aliphatic carbocycles. The second-order valence-electron chi connectivity index (χ2n) is 6.45. The van der Waals surface area contributed by atoms with Crippen molar-refractivity contribution in [3.05, 3.63) is 77.4 Å². The van der Waals surface area contributed by atoms with Crippen LogP contribution in [0.15, 0.2) is 59.4 Å². The molecule has 29 heavy (non-hydrogen) atoms. The van der Waals surface area contributed by atoms with Gasteiger partial charge in [-0.2, -0.15) is 5.26 Å². The number of H-pyrrole nitrogens is 1. The van der Waals surface area contributed by atoms with E-state index in [0.717, 1.165) is 16.5 Å². The van der Waals surface area contributed by atoms with E-state index >= 15 is 0 Å². The predicted molar refractivity (Wildman–Crippen MR) is 105 cm³/mol. The first-order valence-electron chi connectivity index (χ1n) is 8.89. The van der Waals surface area contributed by atoms with Crippen molar-refractivity contribution >= 4 is 22.7 Å². The van der Waals surface area contributed by atoms with Crippen molar-refractivity contribution in [1.82, 2.24) is 20.4 Å². The Bertz CT molecular complexity index is 1240. The van der Waals surface area contributed by atoms with Crippen molar-refractivity contribution in [2.45, 2.75) is 13.3 Å². The minimum Gasteiger partial charge on any atom is -0.443 e. The summed E-state index contributed by atoms with van der Waals surface area (Å²) in [6, 6.07) is 13.2. The second kappa shape index (κ2) is 7.40. The molecule has 0 radical (unpaired) electrons. The Morgan fingerprint density at radius 3 is 2.69 bits per heavy atom. The molecule has 4 rings (SSSR count). The van der Waals surface area contributed by atoms with E-state index in [1.54, 1.807) is 42.2 Å². The lowest BCUT2D eigenvalue weighted by molar-refractivity contribution is -0.121. The SMILES string of the molecule is Cc1oc(-n2cccc2)c(C#N)c1C(=O)NNC(=O)Cc1c[nH]c2ccccc12. The molecule has 0 saturated carbocycles. The number of aromatic nitrogens is 2. The maximum Gasteiger partial charge on any atom is 0.274 e. The molecule has 0 fully saturated rings. The first kappa shape index (κ1) is 18.1. The number of carbonyl (C=O) groups excluding carboxylic acids is 2. The van der Waals surface area contributed by atoms with E-state index in [9.17, 15) is 14.9 Å². The fourth-order valence-corrected chi connectivity index (χ4v) is 3.24. The first-order valence-corrected chi connectivity index (χ1v) is 8.89. The fraction of sp³-hybridized carbons (Fsp3) is 0.0952. The van der Waals surface area contributed by atoms with E-state index in [4.69, 9.17) is 4.42 Å². The summed E-state index contributed by atoms with van der Waals surface area (Å²) in [6.45, 7) is 1.59. The number of carbonyl (C=O) groups is 2. The number of rotatable bonds is 4. The number of nitrogens with one attached hydrogen (secondary N) is 3. The average molecular weight is 387 g/mol. The number of amides is 2. The number of hydrazine groups is 1. The predicted octanol–water partition coefficient (Wildman–Crippen LogP) is 2.74. The first-order chi connectivity index (χ1) is 14.1. The molecule has 144 valence electrons. The smallest absolute Gasteiger partial charge is 0.274 e. The number of hydrogen-bond donors (Lipinski definition) is 3. The highest BCUT2D eigenvalue weighted by atomic mass is 16.4. The van der Waals surface area contributed by atoms with Crippen molar-refractivity contribution in [1.29, 1.82) is 5.26 Å². The number of nitrogens with zero attached hydrogens (tertiary/aromatic N) is 2. The van der Waals surface area contributed by atoms with Gasteiger partial charge in [0.25, 0.3) is 5.91 Å². The van der Waals surface area contributed by atoms with Gasteiger partial charge < -0.3 is 9.40 Å². The van der Waals surface area contributed by atoms with Crippen LogP contribution in [0.25, 0.3) is 16.8 Å². The highest BCUT2D eigenvalue weighted by Crippen LogP contribution is 2.25. The van der Waals surface area contributed by atoms with E-state index in [1.807, 2.05) is 30.3 Å². The van der Waals surface area contributed by atoms with E-state index in [-0.39, 0.29) is 35.1 Å². The highest BCUT2D eigenvalue weighted by Gasteiger charge is 2.24. The number of aryl methyl sites for hydroxylation is 1. The molecule has 0 unspecified atom stereocenters. The zero-order valence-electron chi connectivity index (χ0n) is 15.5. The van der Waals surface area contributed by atoms with Crippen LogP contribution in [-0.4, -0.2) is 21.4 Å². The van der Waals surface area contributed by atoms with Gasteiger partial charge in [-0.25, -0.2) is 0 Å². The van der Waals surface area contributed by atoms with Crippen LogP contribution in [0.1, 0.15) is 27.2 Å². The van der Waals surface area contributed by atoms with E-state index in [0.29, 0.717) is 0 Å². The van der Waals surface area contributed by atoms with E-state index in [2.05, 4.69) is 15.8 Å². The third kappa shape index (κ3) is 3.37. The third-order valence-electron chi connectivity index (χ3n) is 4.58. The molecule has 0 saturated heterocycles. The second-order valence-corrected chi connectivity index (χ2v) is 6.45. The Morgan fingerprint density at radius 1 is 1.17 bits per heavy atom. The topological polar surface area (TPSA) is 116 Å². The quantitative estimate of drug-likeness (QED) is 0.467. The van der Waals surface area contributed by atoms with Crippen LogP contribution in [0, 0.1) is 18.3 Å². The molecular weight excluding hydrogens is 370 g/mol. The summed E-state index contributed by atoms with van der Waals surface area (Å²) in [4.78, 5) is 28.0. The molecular formula is C21H17N5O3. The van der Waals surface area contributed by atoms with Gasteiger partial charge in [-0.15, -0.1) is 0 Å². The number of benzene rings is 1. The molecule has 3 N–H and O–H groups in total. The number of fused-ring (bicyclic) bond motifs is 1. The average Bonchev–Trinajstić information content (AvgIpc) is 3.45. The third-order valence-corrected chi connectivity index (χ3v) is 4.58. The minimum absolute atomic E-state index is 0.0867. The number of aromatic amines is 1. The van der Waals surface area contributed by atoms with Gasteiger partial charge in [-0.1, -0.05) is 18.2 Å². The number of nitriles is 1. The Kier molecular flexibility index (Phi) is 4.63. The van der Waals surface area contributed by atoms with Crippen molar-refractivity contribution < 1.29 is 14.0 Å². The number of para-hydroxylation sites is 1. The van der Waals surface area contributed by atoms with Crippen LogP contribution >= 0.6 is 0 Å². The Labute approximate surface area is 165 Å². The van der Waals surface area contributed by atoms with Crippen LogP contribution in [-0.2, 0) is 11.2 Å². The van der Waals surface area contributed by atoms with Crippen LogP contribution in [0.5, 0.6) is 0 Å². The molecule has 0 bridgehead atoms. The summed E-state index contributed by atoms with van der Waals surface area (Å²) in [5.41, 5.74) is 6.70. The molecule has 8 heteroatoms. The highest BCUT2D eigenvalue weighted by molar-refractivity contribution is 5.99. The molecule has 2 amide bonds. The molecule has 0 aliphatic heterocycles.